The highest BCUT2D eigenvalue weighted by atomic mass is 19.1. The largest absolute Gasteiger partial charge is 0.357 e. The summed E-state index contributed by atoms with van der Waals surface area (Å²) in [5.74, 6) is -0.177. The molecule has 0 amide bonds. The zero-order valence-corrected chi connectivity index (χ0v) is 16.3. The van der Waals surface area contributed by atoms with Crippen LogP contribution in [-0.4, -0.2) is 42.6 Å². The number of benzene rings is 1. The normalized spacial score (nSPS) is 20.6. The van der Waals surface area contributed by atoms with Crippen LogP contribution in [0.4, 0.5) is 8.78 Å². The molecule has 1 aromatic carbocycles. The van der Waals surface area contributed by atoms with E-state index >= 15 is 0 Å². The van der Waals surface area contributed by atoms with E-state index in [1.54, 1.807) is 0 Å². The lowest BCUT2D eigenvalue weighted by molar-refractivity contribution is 0.119. The summed E-state index contributed by atoms with van der Waals surface area (Å²) < 4.78 is 27.1. The van der Waals surface area contributed by atoms with Gasteiger partial charge in [0.1, 0.15) is 11.6 Å². The van der Waals surface area contributed by atoms with Crippen molar-refractivity contribution >= 4 is 5.96 Å². The monoisotopic (exact) mass is 378 g/mol. The number of nitrogens with one attached hydrogen (secondary N) is 2. The van der Waals surface area contributed by atoms with Crippen molar-refractivity contribution in [2.75, 3.05) is 19.6 Å². The molecule has 4 nitrogen and oxygen atoms in total. The minimum atomic E-state index is -0.436. The van der Waals surface area contributed by atoms with Crippen LogP contribution in [0.25, 0.3) is 0 Å². The zero-order chi connectivity index (χ0) is 19.1. The second kappa shape index (κ2) is 10.0. The standard InChI is InChI=1S/C21H32F2N4/c1-2-24-21(25-15-16-14-17(22)8-9-20(16)23)26-18-10-12-27(13-11-18)19-6-4-3-5-7-19/h8-9,14,18-19H,2-7,10-13,15H2,1H3,(H2,24,25,26). The average Bonchev–Trinajstić information content (AvgIpc) is 2.70. The highest BCUT2D eigenvalue weighted by Gasteiger charge is 2.26. The van der Waals surface area contributed by atoms with Gasteiger partial charge in [-0.3, -0.25) is 0 Å². The number of nitrogens with zero attached hydrogens (tertiary/aromatic N) is 2. The summed E-state index contributed by atoms with van der Waals surface area (Å²) in [7, 11) is 0. The Kier molecular flexibility index (Phi) is 7.44. The van der Waals surface area contributed by atoms with Crippen molar-refractivity contribution < 1.29 is 8.78 Å². The van der Waals surface area contributed by atoms with E-state index < -0.39 is 11.6 Å². The van der Waals surface area contributed by atoms with Crippen molar-refractivity contribution in [3.8, 4) is 0 Å². The highest BCUT2D eigenvalue weighted by molar-refractivity contribution is 5.80. The number of hydrogen-bond acceptors (Lipinski definition) is 2. The lowest BCUT2D eigenvalue weighted by Crippen LogP contribution is -2.50. The van der Waals surface area contributed by atoms with Crippen LogP contribution in [0.1, 0.15) is 57.4 Å². The summed E-state index contributed by atoms with van der Waals surface area (Å²) in [6.45, 7) is 5.12. The fraction of sp³-hybridized carbons (Fsp3) is 0.667. The van der Waals surface area contributed by atoms with E-state index in [0.717, 1.165) is 50.7 Å². The number of hydrogen-bond donors (Lipinski definition) is 2. The third kappa shape index (κ3) is 5.89. The summed E-state index contributed by atoms with van der Waals surface area (Å²) in [6, 6.07) is 4.65. The first kappa shape index (κ1) is 20.1. The van der Waals surface area contributed by atoms with Crippen LogP contribution >= 0.6 is 0 Å². The van der Waals surface area contributed by atoms with Gasteiger partial charge in [0.2, 0.25) is 0 Å². The van der Waals surface area contributed by atoms with Crippen LogP contribution in [0.15, 0.2) is 23.2 Å². The maximum absolute atomic E-state index is 13.8. The number of rotatable bonds is 5. The van der Waals surface area contributed by atoms with Gasteiger partial charge >= 0.3 is 0 Å². The number of guanidine groups is 1. The van der Waals surface area contributed by atoms with Crippen molar-refractivity contribution in [1.29, 1.82) is 0 Å². The molecule has 0 bridgehead atoms. The van der Waals surface area contributed by atoms with Crippen LogP contribution in [-0.2, 0) is 6.54 Å². The predicted octanol–water partition coefficient (Wildman–Crippen LogP) is 3.82. The van der Waals surface area contributed by atoms with Crippen LogP contribution in [0.5, 0.6) is 0 Å². The first-order valence-corrected chi connectivity index (χ1v) is 10.4. The highest BCUT2D eigenvalue weighted by Crippen LogP contribution is 2.25. The molecule has 0 unspecified atom stereocenters. The molecule has 1 aliphatic carbocycles. The number of aliphatic imine (C=N–C) groups is 1. The molecular formula is C21H32F2N4. The molecule has 0 atom stereocenters. The Labute approximate surface area is 161 Å². The molecule has 0 aromatic heterocycles. The maximum Gasteiger partial charge on any atom is 0.191 e. The van der Waals surface area contributed by atoms with Crippen LogP contribution in [0.3, 0.4) is 0 Å². The van der Waals surface area contributed by atoms with Crippen molar-refractivity contribution in [3.63, 3.8) is 0 Å². The van der Waals surface area contributed by atoms with Gasteiger partial charge in [-0.15, -0.1) is 0 Å². The smallest absolute Gasteiger partial charge is 0.191 e. The first-order valence-electron chi connectivity index (χ1n) is 10.4. The fourth-order valence-electron chi connectivity index (χ4n) is 4.20. The number of halogens is 2. The second-order valence-corrected chi connectivity index (χ2v) is 7.68. The molecule has 3 rings (SSSR count). The van der Waals surface area contributed by atoms with Gasteiger partial charge in [-0.2, -0.15) is 0 Å². The van der Waals surface area contributed by atoms with Crippen molar-refractivity contribution in [3.05, 3.63) is 35.4 Å². The van der Waals surface area contributed by atoms with E-state index in [1.165, 1.54) is 38.2 Å². The molecule has 0 spiro atoms. The molecular weight excluding hydrogens is 346 g/mol. The molecule has 150 valence electrons. The summed E-state index contributed by atoms with van der Waals surface area (Å²) in [6.07, 6.45) is 9.02. The summed E-state index contributed by atoms with van der Waals surface area (Å²) in [5.41, 5.74) is 0.277. The fourth-order valence-corrected chi connectivity index (χ4v) is 4.20. The lowest BCUT2D eigenvalue weighted by atomic mass is 9.92. The van der Waals surface area contributed by atoms with E-state index in [2.05, 4.69) is 20.5 Å². The molecule has 6 heteroatoms. The molecule has 2 fully saturated rings. The van der Waals surface area contributed by atoms with E-state index in [4.69, 9.17) is 0 Å². The molecule has 2 aliphatic rings. The molecule has 1 saturated carbocycles. The Balaban J connectivity index is 1.52. The van der Waals surface area contributed by atoms with Gasteiger partial charge in [0.15, 0.2) is 5.96 Å². The second-order valence-electron chi connectivity index (χ2n) is 7.68. The summed E-state index contributed by atoms with van der Waals surface area (Å²) >= 11 is 0. The Morgan fingerprint density at radius 2 is 1.85 bits per heavy atom. The quantitative estimate of drug-likeness (QED) is 0.604. The van der Waals surface area contributed by atoms with Crippen LogP contribution < -0.4 is 10.6 Å². The molecule has 2 N–H and O–H groups in total. The van der Waals surface area contributed by atoms with Gasteiger partial charge in [0, 0.05) is 37.3 Å². The van der Waals surface area contributed by atoms with Crippen molar-refractivity contribution in [2.24, 2.45) is 4.99 Å². The molecule has 1 aromatic rings. The Morgan fingerprint density at radius 1 is 1.11 bits per heavy atom. The Bertz CT molecular complexity index is 621. The van der Waals surface area contributed by atoms with Crippen LogP contribution in [0.2, 0.25) is 0 Å². The first-order chi connectivity index (χ1) is 13.2. The number of likely N-dealkylation sites (tertiary alicyclic amines) is 1. The minimum Gasteiger partial charge on any atom is -0.357 e. The zero-order valence-electron chi connectivity index (χ0n) is 16.3. The van der Waals surface area contributed by atoms with Gasteiger partial charge in [0.05, 0.1) is 6.54 Å². The van der Waals surface area contributed by atoms with E-state index in [-0.39, 0.29) is 12.1 Å². The van der Waals surface area contributed by atoms with E-state index in [9.17, 15) is 8.78 Å². The van der Waals surface area contributed by atoms with Gasteiger partial charge in [-0.1, -0.05) is 19.3 Å². The van der Waals surface area contributed by atoms with Gasteiger partial charge in [-0.25, -0.2) is 13.8 Å². The summed E-state index contributed by atoms with van der Waals surface area (Å²) in [4.78, 5) is 7.12. The SMILES string of the molecule is CCNC(=NCc1cc(F)ccc1F)NC1CCN(C2CCCCC2)CC1. The molecule has 0 radical (unpaired) electrons. The minimum absolute atomic E-state index is 0.125. The van der Waals surface area contributed by atoms with Gasteiger partial charge in [0.25, 0.3) is 0 Å². The van der Waals surface area contributed by atoms with Crippen molar-refractivity contribution in [1.82, 2.24) is 15.5 Å². The van der Waals surface area contributed by atoms with E-state index in [1.807, 2.05) is 6.92 Å². The summed E-state index contributed by atoms with van der Waals surface area (Å²) in [5, 5.41) is 6.70. The Morgan fingerprint density at radius 3 is 2.56 bits per heavy atom. The topological polar surface area (TPSA) is 39.7 Å². The average molecular weight is 379 g/mol. The molecule has 1 aliphatic heterocycles. The molecule has 27 heavy (non-hydrogen) atoms. The maximum atomic E-state index is 13.8. The third-order valence-electron chi connectivity index (χ3n) is 5.72. The van der Waals surface area contributed by atoms with Gasteiger partial charge < -0.3 is 15.5 Å². The lowest BCUT2D eigenvalue weighted by Gasteiger charge is -2.39. The molecule has 1 heterocycles. The Hall–Kier alpha value is -1.69. The van der Waals surface area contributed by atoms with Gasteiger partial charge in [-0.05, 0) is 50.8 Å². The van der Waals surface area contributed by atoms with Crippen LogP contribution in [0, 0.1) is 11.6 Å². The van der Waals surface area contributed by atoms with Crippen molar-refractivity contribution in [2.45, 2.75) is 70.5 Å². The third-order valence-corrected chi connectivity index (χ3v) is 5.72. The number of piperidine rings is 1. The van der Waals surface area contributed by atoms with E-state index in [0.29, 0.717) is 12.0 Å². The molecule has 1 saturated heterocycles. The predicted molar refractivity (Wildman–Crippen MR) is 106 cm³/mol.